The Labute approximate surface area is 210 Å². The molecule has 0 bridgehead atoms. The summed E-state index contributed by atoms with van der Waals surface area (Å²) < 4.78 is 18.9. The summed E-state index contributed by atoms with van der Waals surface area (Å²) in [7, 11) is 4.01. The first-order chi connectivity index (χ1) is 17.3. The highest BCUT2D eigenvalue weighted by atomic mass is 19.1. The molecule has 36 heavy (non-hydrogen) atoms. The molecule has 0 saturated carbocycles. The number of hydrogen-bond acceptors (Lipinski definition) is 5. The largest absolute Gasteiger partial charge is 0.494 e. The van der Waals surface area contributed by atoms with E-state index in [0.29, 0.717) is 35.2 Å². The van der Waals surface area contributed by atoms with Crippen LogP contribution in [0.5, 0.6) is 5.88 Å². The Bertz CT molecular complexity index is 1410. The standard InChI is InChI=1S/C29H30FN3O3/c1-4-36-26(34)14-11-19-7-5-9-21(15-19)28(31-23-10-6-8-20(16-23)18-33(2)3)27-24-13-12-22(30)17-25(24)32-29(27)35/h5-10,12-13,15-17,32,35H,4,11,14,18H2,1-3H3. The van der Waals surface area contributed by atoms with Gasteiger partial charge in [0.1, 0.15) is 5.82 Å². The maximum Gasteiger partial charge on any atom is 0.306 e. The first-order valence-electron chi connectivity index (χ1n) is 11.9. The van der Waals surface area contributed by atoms with Crippen LogP contribution in [0.1, 0.15) is 35.6 Å². The van der Waals surface area contributed by atoms with Crippen molar-refractivity contribution in [2.24, 2.45) is 4.99 Å². The van der Waals surface area contributed by atoms with Crippen molar-refractivity contribution in [2.75, 3.05) is 20.7 Å². The van der Waals surface area contributed by atoms with Crippen LogP contribution in [0.15, 0.2) is 71.7 Å². The van der Waals surface area contributed by atoms with Crippen molar-refractivity contribution < 1.29 is 19.0 Å². The number of aliphatic imine (C=N–C) groups is 1. The van der Waals surface area contributed by atoms with E-state index in [1.54, 1.807) is 13.0 Å². The summed E-state index contributed by atoms with van der Waals surface area (Å²) in [5, 5.41) is 11.5. The third kappa shape index (κ3) is 5.98. The van der Waals surface area contributed by atoms with E-state index in [-0.39, 0.29) is 18.3 Å². The van der Waals surface area contributed by atoms with Crippen molar-refractivity contribution in [1.29, 1.82) is 0 Å². The molecule has 0 saturated heterocycles. The van der Waals surface area contributed by atoms with Gasteiger partial charge in [-0.3, -0.25) is 4.79 Å². The van der Waals surface area contributed by atoms with Crippen molar-refractivity contribution in [3.05, 3.63) is 94.8 Å². The van der Waals surface area contributed by atoms with Gasteiger partial charge >= 0.3 is 5.97 Å². The van der Waals surface area contributed by atoms with Crippen LogP contribution in [-0.2, 0) is 22.5 Å². The second-order valence-corrected chi connectivity index (χ2v) is 8.91. The normalized spacial score (nSPS) is 11.9. The van der Waals surface area contributed by atoms with E-state index in [2.05, 4.69) is 9.88 Å². The topological polar surface area (TPSA) is 77.9 Å². The molecule has 4 aromatic rings. The lowest BCUT2D eigenvalue weighted by Gasteiger charge is -2.12. The average molecular weight is 488 g/mol. The molecule has 0 amide bonds. The summed E-state index contributed by atoms with van der Waals surface area (Å²) in [5.74, 6) is -0.729. The molecule has 1 heterocycles. The zero-order valence-corrected chi connectivity index (χ0v) is 20.7. The van der Waals surface area contributed by atoms with E-state index in [1.807, 2.05) is 62.6 Å². The van der Waals surface area contributed by atoms with E-state index >= 15 is 0 Å². The van der Waals surface area contributed by atoms with Gasteiger partial charge in [-0.15, -0.1) is 0 Å². The van der Waals surface area contributed by atoms with Crippen molar-refractivity contribution in [3.63, 3.8) is 0 Å². The van der Waals surface area contributed by atoms with Gasteiger partial charge in [-0.05, 0) is 75.0 Å². The predicted octanol–water partition coefficient (Wildman–Crippen LogP) is 5.74. The van der Waals surface area contributed by atoms with Gasteiger partial charge in [-0.2, -0.15) is 0 Å². The number of halogens is 1. The lowest BCUT2D eigenvalue weighted by atomic mass is 9.97. The van der Waals surface area contributed by atoms with Crippen LogP contribution in [0.3, 0.4) is 0 Å². The van der Waals surface area contributed by atoms with Gasteiger partial charge in [0.25, 0.3) is 0 Å². The van der Waals surface area contributed by atoms with Crippen LogP contribution in [0.4, 0.5) is 10.1 Å². The number of esters is 1. The minimum absolute atomic E-state index is 0.0873. The number of aromatic nitrogens is 1. The highest BCUT2D eigenvalue weighted by Gasteiger charge is 2.19. The number of ether oxygens (including phenoxy) is 1. The van der Waals surface area contributed by atoms with Gasteiger partial charge in [0.05, 0.1) is 29.1 Å². The van der Waals surface area contributed by atoms with Gasteiger partial charge in [0, 0.05) is 23.9 Å². The number of hydrogen-bond donors (Lipinski definition) is 2. The molecule has 0 spiro atoms. The molecule has 6 nitrogen and oxygen atoms in total. The molecule has 0 fully saturated rings. The quantitative estimate of drug-likeness (QED) is 0.233. The maximum atomic E-state index is 13.9. The number of H-pyrrole nitrogens is 1. The number of nitrogens with zero attached hydrogens (tertiary/aromatic N) is 2. The number of aromatic amines is 1. The van der Waals surface area contributed by atoms with Crippen LogP contribution >= 0.6 is 0 Å². The molecule has 7 heteroatoms. The van der Waals surface area contributed by atoms with E-state index in [0.717, 1.165) is 28.9 Å². The van der Waals surface area contributed by atoms with E-state index in [9.17, 15) is 14.3 Å². The number of carbonyl (C=O) groups is 1. The van der Waals surface area contributed by atoms with Gasteiger partial charge in [0.15, 0.2) is 5.88 Å². The molecule has 3 aromatic carbocycles. The number of benzene rings is 3. The van der Waals surface area contributed by atoms with Gasteiger partial charge in [-0.25, -0.2) is 9.38 Å². The van der Waals surface area contributed by atoms with E-state index < -0.39 is 5.82 Å². The SMILES string of the molecule is CCOC(=O)CCc1cccc(C(=Nc2cccc(CN(C)C)c2)c2c(O)[nH]c3cc(F)ccc23)c1. The number of carbonyl (C=O) groups excluding carboxylic acids is 1. The summed E-state index contributed by atoms with van der Waals surface area (Å²) >= 11 is 0. The van der Waals surface area contributed by atoms with Gasteiger partial charge in [-0.1, -0.05) is 30.3 Å². The van der Waals surface area contributed by atoms with Crippen LogP contribution in [0.25, 0.3) is 10.9 Å². The van der Waals surface area contributed by atoms with E-state index in [1.165, 1.54) is 12.1 Å². The summed E-state index contributed by atoms with van der Waals surface area (Å²) in [6.07, 6.45) is 0.789. The minimum atomic E-state index is -0.397. The molecule has 0 radical (unpaired) electrons. The summed E-state index contributed by atoms with van der Waals surface area (Å²) in [5.41, 5.74) is 5.08. The Morgan fingerprint density at radius 1 is 1.06 bits per heavy atom. The van der Waals surface area contributed by atoms with Crippen molar-refractivity contribution >= 4 is 28.3 Å². The molecule has 4 rings (SSSR count). The summed E-state index contributed by atoms with van der Waals surface area (Å²) in [6.45, 7) is 2.90. The summed E-state index contributed by atoms with van der Waals surface area (Å²) in [4.78, 5) is 21.8. The Hall–Kier alpha value is -3.97. The second kappa shape index (κ2) is 11.2. The average Bonchev–Trinajstić information content (AvgIpc) is 3.16. The first-order valence-corrected chi connectivity index (χ1v) is 11.9. The number of aromatic hydroxyl groups is 1. The van der Waals surface area contributed by atoms with Gasteiger partial charge in [0.2, 0.25) is 0 Å². The minimum Gasteiger partial charge on any atom is -0.494 e. The highest BCUT2D eigenvalue weighted by molar-refractivity contribution is 6.21. The summed E-state index contributed by atoms with van der Waals surface area (Å²) in [6, 6.07) is 20.0. The molecular formula is C29H30FN3O3. The fourth-order valence-corrected chi connectivity index (χ4v) is 4.23. The zero-order valence-electron chi connectivity index (χ0n) is 20.7. The Morgan fingerprint density at radius 2 is 1.83 bits per heavy atom. The Morgan fingerprint density at radius 3 is 2.61 bits per heavy atom. The monoisotopic (exact) mass is 487 g/mol. The molecular weight excluding hydrogens is 457 g/mol. The third-order valence-corrected chi connectivity index (χ3v) is 5.75. The molecule has 2 N–H and O–H groups in total. The Balaban J connectivity index is 1.82. The molecule has 0 aliphatic heterocycles. The van der Waals surface area contributed by atoms with Crippen LogP contribution in [-0.4, -0.2) is 47.4 Å². The molecule has 1 aromatic heterocycles. The molecule has 0 aliphatic rings. The van der Waals surface area contributed by atoms with E-state index in [4.69, 9.17) is 9.73 Å². The maximum absolute atomic E-state index is 13.9. The first kappa shape index (κ1) is 25.1. The van der Waals surface area contributed by atoms with Crippen molar-refractivity contribution in [2.45, 2.75) is 26.3 Å². The van der Waals surface area contributed by atoms with Crippen molar-refractivity contribution in [3.8, 4) is 5.88 Å². The molecule has 186 valence electrons. The van der Waals surface area contributed by atoms with Gasteiger partial charge < -0.3 is 19.7 Å². The van der Waals surface area contributed by atoms with Crippen LogP contribution in [0.2, 0.25) is 0 Å². The highest BCUT2D eigenvalue weighted by Crippen LogP contribution is 2.32. The number of fused-ring (bicyclic) bond motifs is 1. The third-order valence-electron chi connectivity index (χ3n) is 5.75. The lowest BCUT2D eigenvalue weighted by molar-refractivity contribution is -0.143. The zero-order chi connectivity index (χ0) is 25.7. The second-order valence-electron chi connectivity index (χ2n) is 8.91. The molecule has 0 aliphatic carbocycles. The molecule has 0 unspecified atom stereocenters. The molecule has 0 atom stereocenters. The number of aryl methyl sites for hydroxylation is 1. The number of rotatable bonds is 9. The number of nitrogens with one attached hydrogen (secondary N) is 1. The Kier molecular flexibility index (Phi) is 7.80. The fourth-order valence-electron chi connectivity index (χ4n) is 4.23. The predicted molar refractivity (Wildman–Crippen MR) is 140 cm³/mol. The lowest BCUT2D eigenvalue weighted by Crippen LogP contribution is -2.10. The fraction of sp³-hybridized carbons (Fsp3) is 0.241. The smallest absolute Gasteiger partial charge is 0.306 e. The van der Waals surface area contributed by atoms with Crippen molar-refractivity contribution in [1.82, 2.24) is 9.88 Å². The van der Waals surface area contributed by atoms with Crippen LogP contribution < -0.4 is 0 Å². The van der Waals surface area contributed by atoms with Crippen LogP contribution in [0, 0.1) is 5.82 Å².